The number of carbonyl (C=O) groups is 1. The average Bonchev–Trinajstić information content (AvgIpc) is 2.77. The van der Waals surface area contributed by atoms with Gasteiger partial charge in [0.05, 0.1) is 0 Å². The fraction of sp³-hybridized carbons (Fsp3) is 0.500. The molecule has 1 aliphatic rings. The van der Waals surface area contributed by atoms with Gasteiger partial charge >= 0.3 is 0 Å². The highest BCUT2D eigenvalue weighted by atomic mass is 19.1. The third-order valence-electron chi connectivity index (χ3n) is 3.40. The van der Waals surface area contributed by atoms with Crippen molar-refractivity contribution in [3.8, 4) is 0 Å². The maximum atomic E-state index is 13.6. The van der Waals surface area contributed by atoms with Crippen molar-refractivity contribution in [2.24, 2.45) is 5.92 Å². The normalized spacial score (nSPS) is 19.6. The zero-order valence-corrected chi connectivity index (χ0v) is 10.6. The van der Waals surface area contributed by atoms with E-state index in [-0.39, 0.29) is 17.7 Å². The molecule has 98 valence electrons. The third-order valence-corrected chi connectivity index (χ3v) is 3.40. The highest BCUT2D eigenvalue weighted by Gasteiger charge is 2.29. The molecule has 1 saturated heterocycles. The number of nitrogens with zero attached hydrogens (tertiary/aromatic N) is 1. The molecule has 1 aliphatic heterocycles. The molecule has 0 spiro atoms. The lowest BCUT2D eigenvalue weighted by Crippen LogP contribution is -2.32. The molecule has 0 radical (unpaired) electrons. The third kappa shape index (κ3) is 2.52. The molecule has 0 aromatic heterocycles. The smallest absolute Gasteiger partial charge is 0.225 e. The summed E-state index contributed by atoms with van der Waals surface area (Å²) in [6.07, 6.45) is 0.737. The molecule has 4 heteroatoms. The highest BCUT2D eigenvalue weighted by molar-refractivity contribution is 5.78. The Morgan fingerprint density at radius 2 is 2.11 bits per heavy atom. The van der Waals surface area contributed by atoms with Crippen molar-refractivity contribution in [3.05, 3.63) is 35.4 Å². The van der Waals surface area contributed by atoms with Crippen LogP contribution in [0.5, 0.6) is 0 Å². The molecule has 0 saturated carbocycles. The summed E-state index contributed by atoms with van der Waals surface area (Å²) in [5.74, 6) is -1.04. The van der Waals surface area contributed by atoms with Gasteiger partial charge in [0.2, 0.25) is 5.91 Å². The summed E-state index contributed by atoms with van der Waals surface area (Å²) in [6.45, 7) is 4.89. The molecule has 1 unspecified atom stereocenters. The van der Waals surface area contributed by atoms with Crippen molar-refractivity contribution in [1.29, 1.82) is 0 Å². The van der Waals surface area contributed by atoms with E-state index in [0.29, 0.717) is 18.7 Å². The van der Waals surface area contributed by atoms with E-state index in [2.05, 4.69) is 0 Å². The first-order chi connectivity index (χ1) is 8.49. The van der Waals surface area contributed by atoms with E-state index in [0.717, 1.165) is 12.5 Å². The summed E-state index contributed by atoms with van der Waals surface area (Å²) < 4.78 is 26.5. The van der Waals surface area contributed by atoms with Crippen LogP contribution in [0.3, 0.4) is 0 Å². The van der Waals surface area contributed by atoms with E-state index < -0.39 is 11.6 Å². The van der Waals surface area contributed by atoms with E-state index in [9.17, 15) is 13.6 Å². The molecule has 0 N–H and O–H groups in total. The van der Waals surface area contributed by atoms with Gasteiger partial charge in [-0.05, 0) is 18.1 Å². The summed E-state index contributed by atoms with van der Waals surface area (Å²) in [6, 6.07) is 3.66. The predicted octanol–water partition coefficient (Wildman–Crippen LogP) is 2.94. The molecule has 18 heavy (non-hydrogen) atoms. The van der Waals surface area contributed by atoms with Crippen molar-refractivity contribution < 1.29 is 13.6 Å². The molecule has 1 amide bonds. The molecule has 1 aromatic carbocycles. The molecular formula is C14H17F2NO. The Labute approximate surface area is 106 Å². The molecule has 1 atom stereocenters. The van der Waals surface area contributed by atoms with Crippen molar-refractivity contribution >= 4 is 5.91 Å². The van der Waals surface area contributed by atoms with E-state index in [1.165, 1.54) is 12.1 Å². The van der Waals surface area contributed by atoms with Gasteiger partial charge in [-0.2, -0.15) is 0 Å². The Bertz CT molecular complexity index is 459. The standard InChI is InChI=1S/C14H17F2NO/c1-9(2)14(18)17-6-5-10(8-17)12-4-3-11(15)7-13(12)16/h3-4,7,9-10H,5-6,8H2,1-2H3. The second-order valence-electron chi connectivity index (χ2n) is 5.09. The van der Waals surface area contributed by atoms with Gasteiger partial charge in [0.1, 0.15) is 11.6 Å². The molecular weight excluding hydrogens is 236 g/mol. The van der Waals surface area contributed by atoms with Crippen molar-refractivity contribution in [2.75, 3.05) is 13.1 Å². The van der Waals surface area contributed by atoms with Gasteiger partial charge in [0.15, 0.2) is 0 Å². The quantitative estimate of drug-likeness (QED) is 0.793. The maximum Gasteiger partial charge on any atom is 0.225 e. The first kappa shape index (κ1) is 13.0. The van der Waals surface area contributed by atoms with Gasteiger partial charge in [0, 0.05) is 31.0 Å². The summed E-state index contributed by atoms with van der Waals surface area (Å²) in [4.78, 5) is 13.6. The number of hydrogen-bond donors (Lipinski definition) is 0. The minimum atomic E-state index is -0.565. The monoisotopic (exact) mass is 253 g/mol. The van der Waals surface area contributed by atoms with Crippen LogP contribution in [-0.2, 0) is 4.79 Å². The Kier molecular flexibility index (Phi) is 3.64. The summed E-state index contributed by atoms with van der Waals surface area (Å²) in [5.41, 5.74) is 0.510. The zero-order chi connectivity index (χ0) is 13.3. The topological polar surface area (TPSA) is 20.3 Å². The van der Waals surface area contributed by atoms with Crippen molar-refractivity contribution in [3.63, 3.8) is 0 Å². The minimum Gasteiger partial charge on any atom is -0.342 e. The Morgan fingerprint density at radius 3 is 2.72 bits per heavy atom. The van der Waals surface area contributed by atoms with Crippen LogP contribution in [0.1, 0.15) is 31.7 Å². The van der Waals surface area contributed by atoms with Crippen LogP contribution in [0, 0.1) is 17.6 Å². The fourth-order valence-electron chi connectivity index (χ4n) is 2.41. The van der Waals surface area contributed by atoms with Gasteiger partial charge in [0.25, 0.3) is 0 Å². The number of likely N-dealkylation sites (tertiary alicyclic amines) is 1. The molecule has 1 aromatic rings. The SMILES string of the molecule is CC(C)C(=O)N1CCC(c2ccc(F)cc2F)C1. The van der Waals surface area contributed by atoms with Crippen LogP contribution in [0.15, 0.2) is 18.2 Å². The first-order valence-electron chi connectivity index (χ1n) is 6.22. The van der Waals surface area contributed by atoms with Gasteiger partial charge in [-0.1, -0.05) is 19.9 Å². The van der Waals surface area contributed by atoms with E-state index in [4.69, 9.17) is 0 Å². The van der Waals surface area contributed by atoms with Crippen LogP contribution >= 0.6 is 0 Å². The number of halogens is 2. The van der Waals surface area contributed by atoms with Gasteiger partial charge < -0.3 is 4.90 Å². The van der Waals surface area contributed by atoms with E-state index in [1.807, 2.05) is 13.8 Å². The number of hydrogen-bond acceptors (Lipinski definition) is 1. The van der Waals surface area contributed by atoms with E-state index >= 15 is 0 Å². The summed E-state index contributed by atoms with van der Waals surface area (Å²) >= 11 is 0. The van der Waals surface area contributed by atoms with Crippen LogP contribution in [0.25, 0.3) is 0 Å². The summed E-state index contributed by atoms with van der Waals surface area (Å²) in [7, 11) is 0. The fourth-order valence-corrected chi connectivity index (χ4v) is 2.41. The predicted molar refractivity (Wildman–Crippen MR) is 65.1 cm³/mol. The average molecular weight is 253 g/mol. The molecule has 0 bridgehead atoms. The first-order valence-corrected chi connectivity index (χ1v) is 6.22. The Morgan fingerprint density at radius 1 is 1.39 bits per heavy atom. The molecule has 1 heterocycles. The molecule has 2 nitrogen and oxygen atoms in total. The van der Waals surface area contributed by atoms with Crippen molar-refractivity contribution in [2.45, 2.75) is 26.2 Å². The number of carbonyl (C=O) groups excluding carboxylic acids is 1. The van der Waals surface area contributed by atoms with Gasteiger partial charge in [-0.15, -0.1) is 0 Å². The molecule has 1 fully saturated rings. The van der Waals surface area contributed by atoms with E-state index in [1.54, 1.807) is 4.90 Å². The Balaban J connectivity index is 2.11. The number of rotatable bonds is 2. The van der Waals surface area contributed by atoms with Crippen LogP contribution in [0.4, 0.5) is 8.78 Å². The lowest BCUT2D eigenvalue weighted by molar-refractivity contribution is -0.133. The largest absolute Gasteiger partial charge is 0.342 e. The van der Waals surface area contributed by atoms with Crippen LogP contribution in [0.2, 0.25) is 0 Å². The number of amides is 1. The lowest BCUT2D eigenvalue weighted by atomic mass is 9.98. The number of benzene rings is 1. The second kappa shape index (κ2) is 5.04. The van der Waals surface area contributed by atoms with Gasteiger partial charge in [-0.3, -0.25) is 4.79 Å². The molecule has 0 aliphatic carbocycles. The van der Waals surface area contributed by atoms with Crippen molar-refractivity contribution in [1.82, 2.24) is 4.90 Å². The van der Waals surface area contributed by atoms with Gasteiger partial charge in [-0.25, -0.2) is 8.78 Å². The Hall–Kier alpha value is -1.45. The lowest BCUT2D eigenvalue weighted by Gasteiger charge is -2.19. The minimum absolute atomic E-state index is 0.0201. The van der Waals surface area contributed by atoms with Crippen LogP contribution < -0.4 is 0 Å². The zero-order valence-electron chi connectivity index (χ0n) is 10.6. The molecule has 2 rings (SSSR count). The second-order valence-corrected chi connectivity index (χ2v) is 5.09. The summed E-state index contributed by atoms with van der Waals surface area (Å²) in [5, 5.41) is 0. The van der Waals surface area contributed by atoms with Crippen LogP contribution in [-0.4, -0.2) is 23.9 Å². The highest BCUT2D eigenvalue weighted by Crippen LogP contribution is 2.30. The maximum absolute atomic E-state index is 13.6.